The van der Waals surface area contributed by atoms with Gasteiger partial charge in [-0.25, -0.2) is 0 Å². The summed E-state index contributed by atoms with van der Waals surface area (Å²) in [5.41, 5.74) is 1.17. The summed E-state index contributed by atoms with van der Waals surface area (Å²) in [4.78, 5) is 0. The average Bonchev–Trinajstić information content (AvgIpc) is 2.71. The van der Waals surface area contributed by atoms with E-state index in [-0.39, 0.29) is 0 Å². The van der Waals surface area contributed by atoms with E-state index in [4.69, 9.17) is 0 Å². The van der Waals surface area contributed by atoms with Gasteiger partial charge in [0.25, 0.3) is 0 Å². The predicted molar refractivity (Wildman–Crippen MR) is 59.0 cm³/mol. The molecule has 0 amide bonds. The minimum Gasteiger partial charge on any atom is -0.308 e. The normalized spacial score (nSPS) is 13.0. The highest BCUT2D eigenvalue weighted by Gasteiger charge is 2.04. The van der Waals surface area contributed by atoms with Gasteiger partial charge in [-0.15, -0.1) is 0 Å². The molecule has 1 rings (SSSR count). The van der Waals surface area contributed by atoms with E-state index in [1.807, 2.05) is 6.07 Å². The van der Waals surface area contributed by atoms with Gasteiger partial charge in [0, 0.05) is 24.5 Å². The van der Waals surface area contributed by atoms with Crippen molar-refractivity contribution in [1.82, 2.24) is 15.5 Å². The minimum absolute atomic E-state index is 0.651. The first kappa shape index (κ1) is 11.2. The van der Waals surface area contributed by atoms with Gasteiger partial charge >= 0.3 is 0 Å². The molecule has 14 heavy (non-hydrogen) atoms. The van der Waals surface area contributed by atoms with Crippen molar-refractivity contribution in [3.8, 4) is 0 Å². The van der Waals surface area contributed by atoms with Crippen LogP contribution in [-0.4, -0.2) is 16.2 Å². The number of hydrogen-bond donors (Lipinski definition) is 2. The Morgan fingerprint density at radius 2 is 2.36 bits per heavy atom. The predicted octanol–water partition coefficient (Wildman–Crippen LogP) is 2.47. The summed E-state index contributed by atoms with van der Waals surface area (Å²) in [5, 5.41) is 10.4. The molecule has 1 aromatic rings. The molecule has 0 aliphatic heterocycles. The fourth-order valence-electron chi connectivity index (χ4n) is 1.54. The number of rotatable bonds is 7. The van der Waals surface area contributed by atoms with Crippen LogP contribution >= 0.6 is 0 Å². The van der Waals surface area contributed by atoms with Gasteiger partial charge in [-0.2, -0.15) is 5.10 Å². The maximum Gasteiger partial charge on any atom is 0.0490 e. The first-order valence-corrected chi connectivity index (χ1v) is 5.58. The van der Waals surface area contributed by atoms with E-state index < -0.39 is 0 Å². The smallest absolute Gasteiger partial charge is 0.0490 e. The number of H-pyrrole nitrogens is 1. The molecule has 0 saturated heterocycles. The van der Waals surface area contributed by atoms with Crippen molar-refractivity contribution in [1.29, 1.82) is 0 Å². The van der Waals surface area contributed by atoms with E-state index in [0.29, 0.717) is 6.04 Å². The Labute approximate surface area is 86.3 Å². The van der Waals surface area contributed by atoms with E-state index in [9.17, 15) is 0 Å². The highest BCUT2D eigenvalue weighted by molar-refractivity contribution is 4.96. The van der Waals surface area contributed by atoms with Crippen molar-refractivity contribution < 1.29 is 0 Å². The quantitative estimate of drug-likeness (QED) is 0.701. The number of nitrogens with one attached hydrogen (secondary N) is 2. The molecule has 0 spiro atoms. The van der Waals surface area contributed by atoms with Crippen LogP contribution in [0.2, 0.25) is 0 Å². The molecule has 0 aliphatic rings. The zero-order chi connectivity index (χ0) is 10.2. The van der Waals surface area contributed by atoms with Crippen molar-refractivity contribution in [3.63, 3.8) is 0 Å². The minimum atomic E-state index is 0.651. The fraction of sp³-hybridized carbons (Fsp3) is 0.727. The van der Waals surface area contributed by atoms with Crippen molar-refractivity contribution in [2.24, 2.45) is 0 Å². The highest BCUT2D eigenvalue weighted by atomic mass is 15.1. The average molecular weight is 195 g/mol. The van der Waals surface area contributed by atoms with Crippen molar-refractivity contribution in [3.05, 3.63) is 18.0 Å². The van der Waals surface area contributed by atoms with Crippen molar-refractivity contribution >= 4 is 0 Å². The zero-order valence-electron chi connectivity index (χ0n) is 9.21. The van der Waals surface area contributed by atoms with Crippen LogP contribution in [0.1, 0.15) is 45.2 Å². The summed E-state index contributed by atoms with van der Waals surface area (Å²) >= 11 is 0. The third kappa shape index (κ3) is 3.92. The molecule has 0 aliphatic carbocycles. The van der Waals surface area contributed by atoms with Crippen LogP contribution in [0.15, 0.2) is 12.3 Å². The van der Waals surface area contributed by atoms with E-state index in [2.05, 4.69) is 29.4 Å². The second kappa shape index (κ2) is 6.60. The zero-order valence-corrected chi connectivity index (χ0v) is 9.21. The molecule has 0 bridgehead atoms. The Morgan fingerprint density at radius 3 is 2.93 bits per heavy atom. The summed E-state index contributed by atoms with van der Waals surface area (Å²) in [5.74, 6) is 0. The van der Waals surface area contributed by atoms with E-state index in [1.54, 1.807) is 6.20 Å². The first-order valence-electron chi connectivity index (χ1n) is 5.58. The van der Waals surface area contributed by atoms with Gasteiger partial charge in [0.15, 0.2) is 0 Å². The third-order valence-corrected chi connectivity index (χ3v) is 2.54. The Bertz CT molecular complexity index is 218. The molecule has 1 atom stereocenters. The maximum atomic E-state index is 3.92. The summed E-state index contributed by atoms with van der Waals surface area (Å²) < 4.78 is 0. The number of hydrogen-bond acceptors (Lipinski definition) is 2. The van der Waals surface area contributed by atoms with Gasteiger partial charge in [0.05, 0.1) is 0 Å². The van der Waals surface area contributed by atoms with E-state index in [1.165, 1.54) is 31.4 Å². The molecule has 0 saturated carbocycles. The van der Waals surface area contributed by atoms with Gasteiger partial charge in [-0.1, -0.05) is 26.7 Å². The van der Waals surface area contributed by atoms with E-state index in [0.717, 1.165) is 6.54 Å². The fourth-order valence-corrected chi connectivity index (χ4v) is 1.54. The Balaban J connectivity index is 2.20. The lowest BCUT2D eigenvalue weighted by atomic mass is 10.1. The number of aromatic amines is 1. The molecule has 2 N–H and O–H groups in total. The number of aromatic nitrogens is 2. The van der Waals surface area contributed by atoms with Gasteiger partial charge in [0.2, 0.25) is 0 Å². The standard InChI is InChI=1S/C11H21N3/c1-3-5-6-10(4-2)12-9-11-7-8-13-14-11/h7-8,10,12H,3-6,9H2,1-2H3,(H,13,14). The molecule has 3 nitrogen and oxygen atoms in total. The first-order chi connectivity index (χ1) is 6.86. The summed E-state index contributed by atoms with van der Waals surface area (Å²) in [6, 6.07) is 2.66. The second-order valence-corrected chi connectivity index (χ2v) is 3.71. The number of unbranched alkanes of at least 4 members (excludes halogenated alkanes) is 1. The molecule has 80 valence electrons. The molecule has 1 heterocycles. The van der Waals surface area contributed by atoms with Crippen LogP contribution in [0, 0.1) is 0 Å². The molecule has 0 aromatic carbocycles. The Hall–Kier alpha value is -0.830. The Morgan fingerprint density at radius 1 is 1.50 bits per heavy atom. The van der Waals surface area contributed by atoms with E-state index >= 15 is 0 Å². The van der Waals surface area contributed by atoms with Crippen LogP contribution in [0.4, 0.5) is 0 Å². The second-order valence-electron chi connectivity index (χ2n) is 3.71. The highest BCUT2D eigenvalue weighted by Crippen LogP contribution is 2.04. The molecule has 0 radical (unpaired) electrons. The van der Waals surface area contributed by atoms with Crippen molar-refractivity contribution in [2.45, 2.75) is 52.1 Å². The monoisotopic (exact) mass is 195 g/mol. The van der Waals surface area contributed by atoms with Gasteiger partial charge in [0.1, 0.15) is 0 Å². The van der Waals surface area contributed by atoms with Gasteiger partial charge in [-0.05, 0) is 18.9 Å². The van der Waals surface area contributed by atoms with Crippen LogP contribution < -0.4 is 5.32 Å². The lowest BCUT2D eigenvalue weighted by Gasteiger charge is -2.15. The lowest BCUT2D eigenvalue weighted by Crippen LogP contribution is -2.27. The summed E-state index contributed by atoms with van der Waals surface area (Å²) in [6.07, 6.45) is 6.87. The molecule has 1 unspecified atom stereocenters. The van der Waals surface area contributed by atoms with Crippen LogP contribution in [-0.2, 0) is 6.54 Å². The lowest BCUT2D eigenvalue weighted by molar-refractivity contribution is 0.449. The van der Waals surface area contributed by atoms with Crippen LogP contribution in [0.25, 0.3) is 0 Å². The van der Waals surface area contributed by atoms with Crippen LogP contribution in [0.5, 0.6) is 0 Å². The SMILES string of the molecule is CCCCC(CC)NCc1ccn[nH]1. The third-order valence-electron chi connectivity index (χ3n) is 2.54. The summed E-state index contributed by atoms with van der Waals surface area (Å²) in [7, 11) is 0. The van der Waals surface area contributed by atoms with Crippen LogP contribution in [0.3, 0.4) is 0 Å². The van der Waals surface area contributed by atoms with Gasteiger partial charge in [-0.3, -0.25) is 5.10 Å². The maximum absolute atomic E-state index is 3.92. The molecule has 3 heteroatoms. The van der Waals surface area contributed by atoms with Gasteiger partial charge < -0.3 is 5.32 Å². The topological polar surface area (TPSA) is 40.7 Å². The largest absolute Gasteiger partial charge is 0.308 e. The molecule has 1 aromatic heterocycles. The molecular weight excluding hydrogens is 174 g/mol. The Kier molecular flexibility index (Phi) is 5.30. The van der Waals surface area contributed by atoms with Crippen molar-refractivity contribution in [2.75, 3.05) is 0 Å². The molecule has 0 fully saturated rings. The summed E-state index contributed by atoms with van der Waals surface area (Å²) in [6.45, 7) is 5.38. The molecular formula is C11H21N3. The number of nitrogens with zero attached hydrogens (tertiary/aromatic N) is 1.